The van der Waals surface area contributed by atoms with Crippen LogP contribution in [0.4, 0.5) is 0 Å². The molecule has 1 aromatic carbocycles. The maximum absolute atomic E-state index is 13.2. The molecule has 1 aromatic heterocycles. The third-order valence-corrected chi connectivity index (χ3v) is 5.15. The van der Waals surface area contributed by atoms with Crippen LogP contribution in [0.3, 0.4) is 0 Å². The molecule has 1 aliphatic heterocycles. The van der Waals surface area contributed by atoms with Gasteiger partial charge in [0.2, 0.25) is 5.91 Å². The third kappa shape index (κ3) is 3.99. The average molecular weight is 371 g/mol. The number of carbonyl (C=O) groups excluding carboxylic acids is 1. The lowest BCUT2D eigenvalue weighted by molar-refractivity contribution is -0.145. The van der Waals surface area contributed by atoms with Crippen LogP contribution in [-0.2, 0) is 22.6 Å². The lowest BCUT2D eigenvalue weighted by Gasteiger charge is -2.31. The van der Waals surface area contributed by atoms with Gasteiger partial charge in [0.25, 0.3) is 0 Å². The summed E-state index contributed by atoms with van der Waals surface area (Å²) in [5.74, 6) is -1.22. The van der Waals surface area contributed by atoms with Gasteiger partial charge in [-0.05, 0) is 34.4 Å². The van der Waals surface area contributed by atoms with E-state index in [0.717, 1.165) is 27.6 Å². The van der Waals surface area contributed by atoms with Crippen molar-refractivity contribution >= 4 is 22.8 Å². The number of hydrogen-bond donors (Lipinski definition) is 2. The molecule has 0 aliphatic carbocycles. The van der Waals surface area contributed by atoms with Crippen LogP contribution in [0, 0.1) is 11.3 Å². The molecular formula is C21H29N3O3. The van der Waals surface area contributed by atoms with Crippen molar-refractivity contribution in [2.75, 3.05) is 6.54 Å². The third-order valence-electron chi connectivity index (χ3n) is 5.15. The zero-order chi connectivity index (χ0) is 19.9. The average Bonchev–Trinajstić information content (AvgIpc) is 2.97. The first-order valence-electron chi connectivity index (χ1n) is 9.55. The number of carboxylic acids is 1. The van der Waals surface area contributed by atoms with Crippen molar-refractivity contribution in [2.45, 2.75) is 59.9 Å². The SMILES string of the molecule is CC(C)c1cc2c(c3cn[nH]c13)CN(CC(C)(C)C)C(=O)[C@H](CC(=O)O)C2. The number of carboxylic acid groups (broad SMARTS) is 1. The fourth-order valence-corrected chi connectivity index (χ4v) is 4.04. The van der Waals surface area contributed by atoms with Gasteiger partial charge in [0.15, 0.2) is 0 Å². The number of hydrogen-bond acceptors (Lipinski definition) is 3. The first-order chi connectivity index (χ1) is 12.6. The Balaban J connectivity index is 2.15. The van der Waals surface area contributed by atoms with E-state index in [0.29, 0.717) is 25.4 Å². The van der Waals surface area contributed by atoms with Crippen LogP contribution in [0.1, 0.15) is 63.6 Å². The summed E-state index contributed by atoms with van der Waals surface area (Å²) in [6, 6.07) is 2.14. The Bertz CT molecular complexity index is 877. The summed E-state index contributed by atoms with van der Waals surface area (Å²) >= 11 is 0. The second-order valence-corrected chi connectivity index (χ2v) is 9.17. The highest BCUT2D eigenvalue weighted by molar-refractivity contribution is 5.89. The van der Waals surface area contributed by atoms with Crippen LogP contribution in [0.15, 0.2) is 12.3 Å². The molecule has 2 heterocycles. The van der Waals surface area contributed by atoms with Crippen molar-refractivity contribution in [3.8, 4) is 0 Å². The number of aliphatic carboxylic acids is 1. The molecule has 0 spiro atoms. The van der Waals surface area contributed by atoms with Gasteiger partial charge in [0, 0.05) is 18.5 Å². The minimum atomic E-state index is -0.930. The normalized spacial score (nSPS) is 18.1. The van der Waals surface area contributed by atoms with Crippen LogP contribution >= 0.6 is 0 Å². The topological polar surface area (TPSA) is 86.3 Å². The minimum Gasteiger partial charge on any atom is -0.481 e. The highest BCUT2D eigenvalue weighted by Crippen LogP contribution is 2.35. The highest BCUT2D eigenvalue weighted by atomic mass is 16.4. The van der Waals surface area contributed by atoms with E-state index in [1.807, 2.05) is 11.1 Å². The molecule has 2 aromatic rings. The predicted octanol–water partition coefficient (Wildman–Crippen LogP) is 3.71. The van der Waals surface area contributed by atoms with E-state index in [2.05, 4.69) is 50.9 Å². The second kappa shape index (κ2) is 6.98. The number of nitrogens with zero attached hydrogens (tertiary/aromatic N) is 2. The molecule has 1 aliphatic rings. The van der Waals surface area contributed by atoms with E-state index in [4.69, 9.17) is 0 Å². The number of aromatic amines is 1. The zero-order valence-electron chi connectivity index (χ0n) is 16.8. The molecule has 0 unspecified atom stereocenters. The summed E-state index contributed by atoms with van der Waals surface area (Å²) in [6.07, 6.45) is 2.15. The summed E-state index contributed by atoms with van der Waals surface area (Å²) < 4.78 is 0. The molecule has 2 N–H and O–H groups in total. The number of fused-ring (bicyclic) bond motifs is 3. The van der Waals surface area contributed by atoms with E-state index in [-0.39, 0.29) is 17.7 Å². The lowest BCUT2D eigenvalue weighted by atomic mass is 9.89. The van der Waals surface area contributed by atoms with Gasteiger partial charge < -0.3 is 10.0 Å². The standard InChI is InChI=1S/C21H29N3O3/c1-12(2)15-7-13-6-14(8-18(25)26)20(27)24(11-21(3,4)5)10-17(13)16-9-22-23-19(15)16/h7,9,12,14H,6,8,10-11H2,1-5H3,(H,22,23)(H,25,26)/t14-/m0/s1. The monoisotopic (exact) mass is 371 g/mol. The van der Waals surface area contributed by atoms with Crippen molar-refractivity contribution in [3.63, 3.8) is 0 Å². The Morgan fingerprint density at radius 3 is 2.70 bits per heavy atom. The van der Waals surface area contributed by atoms with Crippen molar-refractivity contribution in [1.82, 2.24) is 15.1 Å². The quantitative estimate of drug-likeness (QED) is 0.858. The molecule has 6 heteroatoms. The van der Waals surface area contributed by atoms with Gasteiger partial charge in [-0.25, -0.2) is 0 Å². The lowest BCUT2D eigenvalue weighted by Crippen LogP contribution is -2.40. The Morgan fingerprint density at radius 1 is 1.41 bits per heavy atom. The molecule has 6 nitrogen and oxygen atoms in total. The van der Waals surface area contributed by atoms with E-state index in [1.165, 1.54) is 0 Å². The van der Waals surface area contributed by atoms with Crippen LogP contribution in [0.5, 0.6) is 0 Å². The summed E-state index contributed by atoms with van der Waals surface area (Å²) in [5.41, 5.74) is 4.27. The molecule has 1 atom stereocenters. The molecule has 0 fully saturated rings. The Kier molecular flexibility index (Phi) is 5.02. The van der Waals surface area contributed by atoms with Gasteiger partial charge >= 0.3 is 5.97 Å². The fraction of sp³-hybridized carbons (Fsp3) is 0.571. The van der Waals surface area contributed by atoms with Crippen molar-refractivity contribution in [1.29, 1.82) is 0 Å². The van der Waals surface area contributed by atoms with Gasteiger partial charge in [-0.3, -0.25) is 14.7 Å². The number of nitrogens with one attached hydrogen (secondary N) is 1. The maximum Gasteiger partial charge on any atom is 0.304 e. The van der Waals surface area contributed by atoms with E-state index in [9.17, 15) is 14.7 Å². The van der Waals surface area contributed by atoms with Crippen LogP contribution in [0.25, 0.3) is 10.9 Å². The fourth-order valence-electron chi connectivity index (χ4n) is 4.04. The maximum atomic E-state index is 13.2. The van der Waals surface area contributed by atoms with Gasteiger partial charge in [0.05, 0.1) is 24.1 Å². The number of carbonyl (C=O) groups is 2. The number of H-pyrrole nitrogens is 1. The number of aromatic nitrogens is 2. The Morgan fingerprint density at radius 2 is 2.11 bits per heavy atom. The summed E-state index contributed by atoms with van der Waals surface area (Å²) in [7, 11) is 0. The minimum absolute atomic E-state index is 0.0636. The van der Waals surface area contributed by atoms with Crippen LogP contribution in [0.2, 0.25) is 0 Å². The molecule has 0 saturated carbocycles. The number of benzene rings is 1. The van der Waals surface area contributed by atoms with Gasteiger partial charge in [-0.2, -0.15) is 5.10 Å². The molecule has 0 saturated heterocycles. The number of rotatable bonds is 4. The van der Waals surface area contributed by atoms with E-state index >= 15 is 0 Å². The molecule has 0 bridgehead atoms. The molecule has 146 valence electrons. The van der Waals surface area contributed by atoms with Crippen LogP contribution in [-0.4, -0.2) is 38.6 Å². The van der Waals surface area contributed by atoms with Gasteiger partial charge in [-0.1, -0.05) is 40.7 Å². The van der Waals surface area contributed by atoms with Crippen molar-refractivity contribution in [3.05, 3.63) is 29.0 Å². The van der Waals surface area contributed by atoms with E-state index < -0.39 is 11.9 Å². The first-order valence-corrected chi connectivity index (χ1v) is 9.55. The van der Waals surface area contributed by atoms with Crippen LogP contribution < -0.4 is 0 Å². The van der Waals surface area contributed by atoms with Gasteiger partial charge in [0.1, 0.15) is 0 Å². The molecule has 3 rings (SSSR count). The van der Waals surface area contributed by atoms with Gasteiger partial charge in [-0.15, -0.1) is 0 Å². The molecule has 27 heavy (non-hydrogen) atoms. The highest BCUT2D eigenvalue weighted by Gasteiger charge is 2.34. The van der Waals surface area contributed by atoms with Crippen molar-refractivity contribution < 1.29 is 14.7 Å². The first kappa shape index (κ1) is 19.4. The Hall–Kier alpha value is -2.37. The predicted molar refractivity (Wildman–Crippen MR) is 105 cm³/mol. The smallest absolute Gasteiger partial charge is 0.304 e. The summed E-state index contributed by atoms with van der Waals surface area (Å²) in [5, 5.41) is 17.7. The second-order valence-electron chi connectivity index (χ2n) is 9.17. The number of amides is 1. The Labute approximate surface area is 159 Å². The largest absolute Gasteiger partial charge is 0.481 e. The van der Waals surface area contributed by atoms with Crippen molar-refractivity contribution in [2.24, 2.45) is 11.3 Å². The molecule has 0 radical (unpaired) electrons. The molecular weight excluding hydrogens is 342 g/mol. The van der Waals surface area contributed by atoms with E-state index in [1.54, 1.807) is 0 Å². The summed E-state index contributed by atoms with van der Waals surface area (Å²) in [6.45, 7) is 11.6. The zero-order valence-corrected chi connectivity index (χ0v) is 16.8. The molecule has 1 amide bonds. The summed E-state index contributed by atoms with van der Waals surface area (Å²) in [4.78, 5) is 26.4.